The van der Waals surface area contributed by atoms with Gasteiger partial charge in [-0.2, -0.15) is 5.10 Å². The van der Waals surface area contributed by atoms with Gasteiger partial charge in [0.05, 0.1) is 11.8 Å². The van der Waals surface area contributed by atoms with E-state index >= 15 is 0 Å². The first kappa shape index (κ1) is 14.0. The van der Waals surface area contributed by atoms with Gasteiger partial charge in [0.15, 0.2) is 0 Å². The second-order valence-corrected chi connectivity index (χ2v) is 5.63. The molecule has 0 bridgehead atoms. The predicted molar refractivity (Wildman–Crippen MR) is 78.9 cm³/mol. The summed E-state index contributed by atoms with van der Waals surface area (Å²) in [5.74, 6) is 0.658. The number of thiocarbonyl (C=S) groups is 1. The van der Waals surface area contributed by atoms with Crippen molar-refractivity contribution in [2.24, 2.45) is 18.2 Å². The van der Waals surface area contributed by atoms with Crippen LogP contribution in [0.1, 0.15) is 44.6 Å². The molecule has 104 valence electrons. The highest BCUT2D eigenvalue weighted by Crippen LogP contribution is 2.41. The number of hydrogen-bond donors (Lipinski definition) is 2. The zero-order valence-electron chi connectivity index (χ0n) is 11.4. The zero-order chi connectivity index (χ0) is 14.0. The van der Waals surface area contributed by atoms with Crippen molar-refractivity contribution in [2.75, 3.05) is 5.32 Å². The topological polar surface area (TPSA) is 72.9 Å². The van der Waals surface area contributed by atoms with E-state index in [0.717, 1.165) is 32.1 Å². The summed E-state index contributed by atoms with van der Waals surface area (Å²) in [6.07, 6.45) is 6.60. The summed E-state index contributed by atoms with van der Waals surface area (Å²) in [4.78, 5) is 12.8. The summed E-state index contributed by atoms with van der Waals surface area (Å²) in [6.45, 7) is 2.07. The van der Waals surface area contributed by atoms with Gasteiger partial charge in [-0.15, -0.1) is 0 Å². The fraction of sp³-hybridized carbons (Fsp3) is 0.615. The zero-order valence-corrected chi connectivity index (χ0v) is 12.2. The van der Waals surface area contributed by atoms with Crippen molar-refractivity contribution in [1.29, 1.82) is 0 Å². The van der Waals surface area contributed by atoms with Gasteiger partial charge in [0.25, 0.3) is 0 Å². The third kappa shape index (κ3) is 2.49. The first-order valence-electron chi connectivity index (χ1n) is 6.63. The Morgan fingerprint density at radius 1 is 1.58 bits per heavy atom. The van der Waals surface area contributed by atoms with E-state index in [-0.39, 0.29) is 16.3 Å². The molecular formula is C13H20N4OS. The molecule has 1 aromatic rings. The van der Waals surface area contributed by atoms with Crippen molar-refractivity contribution >= 4 is 28.9 Å². The molecule has 1 aliphatic carbocycles. The highest BCUT2D eigenvalue weighted by Gasteiger charge is 2.39. The molecule has 6 heteroatoms. The molecule has 1 aliphatic rings. The Kier molecular flexibility index (Phi) is 3.89. The average molecular weight is 280 g/mol. The Morgan fingerprint density at radius 2 is 2.21 bits per heavy atom. The number of aryl methyl sites for hydroxylation is 1. The number of carbonyl (C=O) groups is 1. The van der Waals surface area contributed by atoms with E-state index in [1.165, 1.54) is 0 Å². The molecule has 1 saturated carbocycles. The molecule has 0 atom stereocenters. The van der Waals surface area contributed by atoms with Crippen LogP contribution in [0.2, 0.25) is 0 Å². The van der Waals surface area contributed by atoms with Crippen LogP contribution in [0.3, 0.4) is 0 Å². The van der Waals surface area contributed by atoms with Crippen LogP contribution in [0.25, 0.3) is 0 Å². The van der Waals surface area contributed by atoms with Crippen LogP contribution in [0.5, 0.6) is 0 Å². The van der Waals surface area contributed by atoms with E-state index in [2.05, 4.69) is 17.3 Å². The maximum Gasteiger partial charge on any atom is 0.231 e. The van der Waals surface area contributed by atoms with Crippen molar-refractivity contribution in [1.82, 2.24) is 9.78 Å². The van der Waals surface area contributed by atoms with Gasteiger partial charge < -0.3 is 11.1 Å². The lowest BCUT2D eigenvalue weighted by molar-refractivity contribution is -0.125. The van der Waals surface area contributed by atoms with Gasteiger partial charge >= 0.3 is 0 Å². The fourth-order valence-electron chi connectivity index (χ4n) is 2.80. The average Bonchev–Trinajstić information content (AvgIpc) is 2.98. The van der Waals surface area contributed by atoms with Crippen LogP contribution in [-0.4, -0.2) is 20.7 Å². The number of nitrogens with two attached hydrogens (primary N) is 1. The number of rotatable bonds is 4. The lowest BCUT2D eigenvalue weighted by Crippen LogP contribution is -2.34. The number of amides is 1. The minimum atomic E-state index is -0.238. The summed E-state index contributed by atoms with van der Waals surface area (Å²) in [5.41, 5.74) is 6.03. The van der Waals surface area contributed by atoms with Gasteiger partial charge in [-0.1, -0.05) is 32.0 Å². The predicted octanol–water partition coefficient (Wildman–Crippen LogP) is 1.96. The maximum atomic E-state index is 12.6. The highest BCUT2D eigenvalue weighted by molar-refractivity contribution is 7.80. The minimum Gasteiger partial charge on any atom is -0.389 e. The summed E-state index contributed by atoms with van der Waals surface area (Å²) >= 11 is 4.98. The van der Waals surface area contributed by atoms with Crippen molar-refractivity contribution < 1.29 is 4.79 Å². The molecule has 1 heterocycles. The number of nitrogens with one attached hydrogen (secondary N) is 1. The first-order chi connectivity index (χ1) is 9.00. The molecule has 1 aromatic heterocycles. The molecule has 5 nitrogen and oxygen atoms in total. The van der Waals surface area contributed by atoms with Gasteiger partial charge in [0.1, 0.15) is 10.8 Å². The number of anilines is 1. The van der Waals surface area contributed by atoms with Crippen molar-refractivity contribution in [3.8, 4) is 0 Å². The molecule has 0 aromatic carbocycles. The number of aromatic nitrogens is 2. The minimum absolute atomic E-state index is 0.0635. The standard InChI is InChI=1S/C13H20N4OS/c1-3-13(6-4-5-7-13)12(18)16-11-9(10(14)19)8-15-17(11)2/h8H,3-7H2,1-2H3,(H2,14,19)(H,16,18). The molecule has 1 fully saturated rings. The van der Waals surface area contributed by atoms with Crippen LogP contribution in [0.15, 0.2) is 6.20 Å². The summed E-state index contributed by atoms with van der Waals surface area (Å²) in [5, 5.41) is 7.07. The molecule has 0 unspecified atom stereocenters. The second kappa shape index (κ2) is 5.28. The Balaban J connectivity index is 2.23. The summed E-state index contributed by atoms with van der Waals surface area (Å²) < 4.78 is 1.60. The van der Waals surface area contributed by atoms with E-state index in [1.807, 2.05) is 0 Å². The van der Waals surface area contributed by atoms with E-state index in [9.17, 15) is 4.79 Å². The monoisotopic (exact) mass is 280 g/mol. The van der Waals surface area contributed by atoms with Gasteiger partial charge in [0, 0.05) is 12.5 Å². The Labute approximate surface area is 118 Å². The van der Waals surface area contributed by atoms with E-state index < -0.39 is 0 Å². The lowest BCUT2D eigenvalue weighted by atomic mass is 9.82. The maximum absolute atomic E-state index is 12.6. The van der Waals surface area contributed by atoms with Crippen molar-refractivity contribution in [3.05, 3.63) is 11.8 Å². The SMILES string of the molecule is CCC1(C(=O)Nc2c(C(N)=S)cnn2C)CCCC1. The molecule has 0 saturated heterocycles. The first-order valence-corrected chi connectivity index (χ1v) is 7.04. The van der Waals surface area contributed by atoms with Crippen molar-refractivity contribution in [2.45, 2.75) is 39.0 Å². The molecule has 0 aliphatic heterocycles. The third-order valence-corrected chi connectivity index (χ3v) is 4.38. The Hall–Kier alpha value is -1.43. The largest absolute Gasteiger partial charge is 0.389 e. The molecule has 3 N–H and O–H groups in total. The molecular weight excluding hydrogens is 260 g/mol. The molecule has 0 radical (unpaired) electrons. The molecule has 2 rings (SSSR count). The number of hydrogen-bond acceptors (Lipinski definition) is 3. The van der Waals surface area contributed by atoms with Gasteiger partial charge in [-0.3, -0.25) is 9.48 Å². The Morgan fingerprint density at radius 3 is 2.74 bits per heavy atom. The number of carbonyl (C=O) groups excluding carboxylic acids is 1. The third-order valence-electron chi connectivity index (χ3n) is 4.16. The summed E-state index contributed by atoms with van der Waals surface area (Å²) in [6, 6.07) is 0. The van der Waals surface area contributed by atoms with E-state index in [0.29, 0.717) is 11.4 Å². The van der Waals surface area contributed by atoms with Gasteiger partial charge in [0.2, 0.25) is 5.91 Å². The van der Waals surface area contributed by atoms with Crippen molar-refractivity contribution in [3.63, 3.8) is 0 Å². The van der Waals surface area contributed by atoms with Gasteiger partial charge in [-0.05, 0) is 19.3 Å². The van der Waals surface area contributed by atoms with Crippen LogP contribution in [0, 0.1) is 5.41 Å². The van der Waals surface area contributed by atoms with E-state index in [4.69, 9.17) is 18.0 Å². The molecule has 19 heavy (non-hydrogen) atoms. The van der Waals surface area contributed by atoms with Gasteiger partial charge in [-0.25, -0.2) is 0 Å². The Bertz CT molecular complexity index is 503. The second-order valence-electron chi connectivity index (χ2n) is 5.19. The summed E-state index contributed by atoms with van der Waals surface area (Å²) in [7, 11) is 1.77. The molecule has 0 spiro atoms. The normalized spacial score (nSPS) is 17.4. The number of nitrogens with zero attached hydrogens (tertiary/aromatic N) is 2. The fourth-order valence-corrected chi connectivity index (χ4v) is 2.95. The van der Waals surface area contributed by atoms with Crippen LogP contribution >= 0.6 is 12.2 Å². The quantitative estimate of drug-likeness (QED) is 0.827. The van der Waals surface area contributed by atoms with Crippen LogP contribution in [0.4, 0.5) is 5.82 Å². The van der Waals surface area contributed by atoms with E-state index in [1.54, 1.807) is 17.9 Å². The molecule has 1 amide bonds. The van der Waals surface area contributed by atoms with Crippen LogP contribution < -0.4 is 11.1 Å². The highest BCUT2D eigenvalue weighted by atomic mass is 32.1. The lowest BCUT2D eigenvalue weighted by Gasteiger charge is -2.26. The smallest absolute Gasteiger partial charge is 0.231 e. The van der Waals surface area contributed by atoms with Crippen LogP contribution in [-0.2, 0) is 11.8 Å².